The van der Waals surface area contributed by atoms with Crippen LogP contribution in [-0.2, 0) is 28.0 Å². The number of hydrogen-bond donors (Lipinski definition) is 3. The largest absolute Gasteiger partial charge is 0.480 e. The Balaban J connectivity index is 0.000000952. The molecule has 0 saturated heterocycles. The van der Waals surface area contributed by atoms with E-state index in [1.807, 2.05) is 19.9 Å². The highest BCUT2D eigenvalue weighted by Gasteiger charge is 2.54. The highest BCUT2D eigenvalue weighted by molar-refractivity contribution is 6.29. The van der Waals surface area contributed by atoms with Gasteiger partial charge in [0, 0.05) is 24.7 Å². The van der Waals surface area contributed by atoms with E-state index in [1.54, 1.807) is 4.68 Å². The van der Waals surface area contributed by atoms with Gasteiger partial charge in [-0.05, 0) is 101 Å². The van der Waals surface area contributed by atoms with Gasteiger partial charge in [-0.3, -0.25) is 4.79 Å². The summed E-state index contributed by atoms with van der Waals surface area (Å²) < 4.78 is 1.61. The topological polar surface area (TPSA) is 112 Å². The number of aryl methyl sites for hydroxylation is 2. The van der Waals surface area contributed by atoms with Gasteiger partial charge in [0.05, 0.1) is 5.69 Å². The van der Waals surface area contributed by atoms with Crippen molar-refractivity contribution in [2.45, 2.75) is 149 Å². The summed E-state index contributed by atoms with van der Waals surface area (Å²) in [4.78, 5) is 32.8. The number of aliphatic carboxylic acids is 1. The molecule has 2 aromatic heterocycles. The number of nitrogens with zero attached hydrogens (tertiary/aromatic N) is 4. The van der Waals surface area contributed by atoms with Gasteiger partial charge >= 0.3 is 5.97 Å². The van der Waals surface area contributed by atoms with E-state index in [4.69, 9.17) is 16.6 Å². The number of aromatic nitrogens is 3. The first kappa shape index (κ1) is 39.8. The summed E-state index contributed by atoms with van der Waals surface area (Å²) in [6.45, 7) is 16.1. The van der Waals surface area contributed by atoms with Crippen LogP contribution in [0.4, 0.5) is 5.82 Å². The molecule has 9 nitrogen and oxygen atoms in total. The molecule has 5 rings (SSSR count). The van der Waals surface area contributed by atoms with Crippen molar-refractivity contribution in [3.63, 3.8) is 0 Å². The van der Waals surface area contributed by atoms with Crippen LogP contribution >= 0.6 is 11.6 Å². The molecule has 3 N–H and O–H groups in total. The highest BCUT2D eigenvalue weighted by atomic mass is 35.5. The molecule has 0 radical (unpaired) electrons. The molecule has 2 unspecified atom stereocenters. The second-order valence-electron chi connectivity index (χ2n) is 13.8. The van der Waals surface area contributed by atoms with Crippen LogP contribution in [-0.4, -0.2) is 68.9 Å². The lowest BCUT2D eigenvalue weighted by molar-refractivity contribution is -0.143. The summed E-state index contributed by atoms with van der Waals surface area (Å²) in [6.07, 6.45) is 14.0. The van der Waals surface area contributed by atoms with Crippen molar-refractivity contribution < 1.29 is 14.7 Å². The number of hydrogen-bond acceptors (Lipinski definition) is 6. The second kappa shape index (κ2) is 20.1. The van der Waals surface area contributed by atoms with E-state index >= 15 is 0 Å². The quantitative estimate of drug-likeness (QED) is 0.136. The minimum Gasteiger partial charge on any atom is -0.480 e. The molecule has 1 aliphatic heterocycles. The first-order chi connectivity index (χ1) is 23.2. The van der Waals surface area contributed by atoms with Crippen molar-refractivity contribution in [2.24, 2.45) is 5.92 Å². The fourth-order valence-corrected chi connectivity index (χ4v) is 6.19. The summed E-state index contributed by atoms with van der Waals surface area (Å²) in [6, 6.07) is 5.22. The molecule has 0 spiro atoms. The number of rotatable bonds is 18. The molecule has 2 fully saturated rings. The monoisotopic (exact) mass is 686 g/mol. The number of amides is 1. The molecule has 3 aliphatic rings. The number of anilines is 1. The van der Waals surface area contributed by atoms with Gasteiger partial charge in [-0.15, -0.1) is 0 Å². The molecule has 270 valence electrons. The van der Waals surface area contributed by atoms with Crippen molar-refractivity contribution in [2.75, 3.05) is 31.5 Å². The van der Waals surface area contributed by atoms with Crippen LogP contribution in [0, 0.1) is 5.92 Å². The fraction of sp³-hybridized carbons (Fsp3) is 0.737. The Morgan fingerprint density at radius 1 is 1.12 bits per heavy atom. The second-order valence-corrected chi connectivity index (χ2v) is 14.2. The number of carboxylic acids is 1. The Bertz CT molecular complexity index is 1280. The van der Waals surface area contributed by atoms with E-state index in [0.717, 1.165) is 101 Å². The van der Waals surface area contributed by atoms with Crippen LogP contribution in [0.5, 0.6) is 0 Å². The zero-order valence-electron chi connectivity index (χ0n) is 30.6. The van der Waals surface area contributed by atoms with Crippen LogP contribution in [0.25, 0.3) is 0 Å². The molecule has 3 heterocycles. The fourth-order valence-electron chi connectivity index (χ4n) is 5.88. The van der Waals surface area contributed by atoms with Gasteiger partial charge in [-0.1, -0.05) is 84.9 Å². The van der Waals surface area contributed by atoms with Gasteiger partial charge in [-0.2, -0.15) is 5.10 Å². The maximum Gasteiger partial charge on any atom is 0.326 e. The molecule has 48 heavy (non-hydrogen) atoms. The third-order valence-corrected chi connectivity index (χ3v) is 10.0. The first-order valence-corrected chi connectivity index (χ1v) is 19.3. The molecule has 2 aromatic rings. The predicted octanol–water partition coefficient (Wildman–Crippen LogP) is 8.21. The number of halogens is 1. The molecule has 1 amide bonds. The minimum atomic E-state index is -1.01. The van der Waals surface area contributed by atoms with E-state index in [-0.39, 0.29) is 11.8 Å². The van der Waals surface area contributed by atoms with Crippen molar-refractivity contribution in [3.8, 4) is 0 Å². The lowest BCUT2D eigenvalue weighted by Crippen LogP contribution is -2.49. The molecule has 0 aromatic carbocycles. The van der Waals surface area contributed by atoms with Crippen LogP contribution in [0.1, 0.15) is 141 Å². The van der Waals surface area contributed by atoms with Crippen LogP contribution in [0.3, 0.4) is 0 Å². The molecule has 2 saturated carbocycles. The molecule has 2 atom stereocenters. The van der Waals surface area contributed by atoms with Crippen molar-refractivity contribution >= 4 is 29.3 Å². The number of carbonyl (C=O) groups is 2. The summed E-state index contributed by atoms with van der Waals surface area (Å²) in [5.74, 6) is 1.05. The van der Waals surface area contributed by atoms with Crippen LogP contribution < -0.4 is 10.6 Å². The number of pyridine rings is 1. The van der Waals surface area contributed by atoms with Gasteiger partial charge in [0.25, 0.3) is 0 Å². The zero-order chi connectivity index (χ0) is 35.1. The maximum absolute atomic E-state index is 13.4. The van der Waals surface area contributed by atoms with E-state index in [0.29, 0.717) is 31.0 Å². The van der Waals surface area contributed by atoms with Gasteiger partial charge in [0.15, 0.2) is 0 Å². The average molecular weight is 687 g/mol. The normalized spacial score (nSPS) is 17.1. The molecule has 2 aliphatic carbocycles. The maximum atomic E-state index is 13.4. The summed E-state index contributed by atoms with van der Waals surface area (Å²) in [5.41, 5.74) is 2.40. The SMILES string of the molecule is CC.CC1CC1.CCCCCN(CCCCc1ccc2c(n1)NCCC2)CCC(NC(=O)C1(n2nc(C(C)CC)cc2Cl)CC1)C(=O)O. The Hall–Kier alpha value is -2.65. The molecule has 10 heteroatoms. The smallest absolute Gasteiger partial charge is 0.326 e. The predicted molar refractivity (Wildman–Crippen MR) is 197 cm³/mol. The van der Waals surface area contributed by atoms with Gasteiger partial charge in [0.2, 0.25) is 5.91 Å². The van der Waals surface area contributed by atoms with E-state index < -0.39 is 17.6 Å². The zero-order valence-corrected chi connectivity index (χ0v) is 31.4. The summed E-state index contributed by atoms with van der Waals surface area (Å²) in [7, 11) is 0. The third kappa shape index (κ3) is 12.0. The Kier molecular flexibility index (Phi) is 16.7. The molecular formula is C38H63ClN6O3. The van der Waals surface area contributed by atoms with Crippen molar-refractivity contribution in [3.05, 3.63) is 40.3 Å². The van der Waals surface area contributed by atoms with Crippen molar-refractivity contribution in [1.82, 2.24) is 25.0 Å². The van der Waals surface area contributed by atoms with Gasteiger partial charge < -0.3 is 20.6 Å². The number of unbranched alkanes of at least 4 members (excludes halogenated alkanes) is 3. The lowest BCUT2D eigenvalue weighted by Gasteiger charge is -2.25. The number of nitrogens with one attached hydrogen (secondary N) is 2. The van der Waals surface area contributed by atoms with Gasteiger partial charge in [0.1, 0.15) is 22.6 Å². The van der Waals surface area contributed by atoms with Gasteiger partial charge in [-0.25, -0.2) is 14.5 Å². The van der Waals surface area contributed by atoms with E-state index in [2.05, 4.69) is 60.5 Å². The number of carboxylic acid groups (broad SMARTS) is 1. The first-order valence-electron chi connectivity index (χ1n) is 18.9. The van der Waals surface area contributed by atoms with E-state index in [1.165, 1.54) is 18.4 Å². The standard InChI is InChI=1S/C32H49ClN6O3.C4H8.C2H6/c1-4-6-8-19-38(20-9-7-12-25-14-13-24-11-10-18-34-29(24)35-25)21-15-26(30(40)41)36-31(42)32(16-17-32)39-28(33)22-27(37-39)23(3)5-2;1-4-2-3-4;1-2/h13-14,22-23,26H,4-12,15-21H2,1-3H3,(H,34,35)(H,36,42)(H,40,41);4H,2-3H2,1H3;1-2H3. The molecular weight excluding hydrogens is 624 g/mol. The Morgan fingerprint density at radius 3 is 2.42 bits per heavy atom. The summed E-state index contributed by atoms with van der Waals surface area (Å²) >= 11 is 6.50. The Morgan fingerprint density at radius 2 is 1.81 bits per heavy atom. The minimum absolute atomic E-state index is 0.235. The average Bonchev–Trinajstić information content (AvgIpc) is 4.04. The summed E-state index contributed by atoms with van der Waals surface area (Å²) in [5, 5.41) is 21.3. The van der Waals surface area contributed by atoms with Crippen LogP contribution in [0.15, 0.2) is 18.2 Å². The van der Waals surface area contributed by atoms with E-state index in [9.17, 15) is 14.7 Å². The third-order valence-electron chi connectivity index (χ3n) is 9.74. The molecule has 0 bridgehead atoms. The number of fused-ring (bicyclic) bond motifs is 1. The lowest BCUT2D eigenvalue weighted by atomic mass is 10.1. The highest BCUT2D eigenvalue weighted by Crippen LogP contribution is 2.45. The van der Waals surface area contributed by atoms with Crippen LogP contribution in [0.2, 0.25) is 5.15 Å². The number of carbonyl (C=O) groups excluding carboxylic acids is 1. The van der Waals surface area contributed by atoms with Crippen molar-refractivity contribution in [1.29, 1.82) is 0 Å². The Labute approximate surface area is 295 Å².